The molecule has 2 N–H and O–H groups in total. The molecule has 0 aromatic heterocycles. The molecule has 80 valence electrons. The van der Waals surface area contributed by atoms with Gasteiger partial charge < -0.3 is 15.2 Å². The van der Waals surface area contributed by atoms with E-state index >= 15 is 0 Å². The predicted molar refractivity (Wildman–Crippen MR) is 53.9 cm³/mol. The van der Waals surface area contributed by atoms with Crippen molar-refractivity contribution in [3.05, 3.63) is 23.0 Å². The number of fused-ring (bicyclic) bond motifs is 1. The van der Waals surface area contributed by atoms with Crippen LogP contribution in [0.5, 0.6) is 11.5 Å². The van der Waals surface area contributed by atoms with E-state index in [2.05, 4.69) is 4.99 Å². The van der Waals surface area contributed by atoms with E-state index < -0.39 is 5.82 Å². The number of nitrogens with two attached hydrogens (primary N) is 1. The van der Waals surface area contributed by atoms with Crippen molar-refractivity contribution in [3.8, 4) is 11.5 Å². The maximum atomic E-state index is 13.9. The summed E-state index contributed by atoms with van der Waals surface area (Å²) in [5.74, 6) is 0.129. The van der Waals surface area contributed by atoms with Gasteiger partial charge in [0.25, 0.3) is 0 Å². The summed E-state index contributed by atoms with van der Waals surface area (Å²) < 4.78 is 23.9. The molecule has 0 unspecified atom stereocenters. The summed E-state index contributed by atoms with van der Waals surface area (Å²) in [6, 6.07) is 1.70. The Morgan fingerprint density at radius 3 is 2.73 bits per heavy atom. The summed E-state index contributed by atoms with van der Waals surface area (Å²) >= 11 is 0. The van der Waals surface area contributed by atoms with Gasteiger partial charge in [-0.1, -0.05) is 0 Å². The molecule has 0 radical (unpaired) electrons. The molecule has 2 rings (SSSR count). The first-order valence-electron chi connectivity index (χ1n) is 4.42. The standard InChI is InChI=1S/C10H11FN2O2/c1-14-6-3-5-4-13-10(12)7(5)8(11)9(6)15-2/h3H,4H2,1-2H3,(H2,12,13). The molecule has 0 atom stereocenters. The minimum absolute atomic E-state index is 0.0660. The Morgan fingerprint density at radius 1 is 1.40 bits per heavy atom. The third-order valence-electron chi connectivity index (χ3n) is 2.37. The molecule has 0 saturated heterocycles. The molecular formula is C10H11FN2O2. The van der Waals surface area contributed by atoms with Gasteiger partial charge in [0.05, 0.1) is 26.3 Å². The molecule has 0 aliphatic carbocycles. The van der Waals surface area contributed by atoms with E-state index in [-0.39, 0.29) is 11.6 Å². The third-order valence-corrected chi connectivity index (χ3v) is 2.37. The van der Waals surface area contributed by atoms with Crippen LogP contribution >= 0.6 is 0 Å². The van der Waals surface area contributed by atoms with Gasteiger partial charge in [-0.2, -0.15) is 0 Å². The number of rotatable bonds is 2. The molecule has 0 amide bonds. The number of halogens is 1. The van der Waals surface area contributed by atoms with Crippen LogP contribution in [0.1, 0.15) is 11.1 Å². The fourth-order valence-electron chi connectivity index (χ4n) is 1.65. The molecule has 15 heavy (non-hydrogen) atoms. The van der Waals surface area contributed by atoms with E-state index in [1.165, 1.54) is 14.2 Å². The fourth-order valence-corrected chi connectivity index (χ4v) is 1.65. The lowest BCUT2D eigenvalue weighted by atomic mass is 10.1. The number of aliphatic imine (C=N–C) groups is 1. The SMILES string of the molecule is COc1cc2c(c(F)c1OC)C(N)=NC2. The topological polar surface area (TPSA) is 56.8 Å². The van der Waals surface area contributed by atoms with E-state index in [4.69, 9.17) is 15.2 Å². The second-order valence-corrected chi connectivity index (χ2v) is 3.16. The van der Waals surface area contributed by atoms with E-state index in [0.717, 1.165) is 5.56 Å². The molecule has 1 aromatic carbocycles. The lowest BCUT2D eigenvalue weighted by molar-refractivity contribution is 0.337. The van der Waals surface area contributed by atoms with Crippen molar-refractivity contribution < 1.29 is 13.9 Å². The van der Waals surface area contributed by atoms with Crippen LogP contribution in [0.25, 0.3) is 0 Å². The molecule has 4 nitrogen and oxygen atoms in total. The number of nitrogens with zero attached hydrogens (tertiary/aromatic N) is 1. The van der Waals surface area contributed by atoms with Gasteiger partial charge in [0.15, 0.2) is 17.3 Å². The lowest BCUT2D eigenvalue weighted by Gasteiger charge is -2.11. The van der Waals surface area contributed by atoms with E-state index in [1.54, 1.807) is 6.07 Å². The van der Waals surface area contributed by atoms with Crippen molar-refractivity contribution in [1.82, 2.24) is 0 Å². The summed E-state index contributed by atoms with van der Waals surface area (Å²) in [6.07, 6.45) is 0. The lowest BCUT2D eigenvalue weighted by Crippen LogP contribution is -2.13. The number of methoxy groups -OCH3 is 2. The Morgan fingerprint density at radius 2 is 2.13 bits per heavy atom. The Bertz CT molecular complexity index is 443. The molecule has 0 spiro atoms. The summed E-state index contributed by atoms with van der Waals surface area (Å²) in [5, 5.41) is 0. The highest BCUT2D eigenvalue weighted by atomic mass is 19.1. The maximum absolute atomic E-state index is 13.9. The molecule has 1 aliphatic heterocycles. The highest BCUT2D eigenvalue weighted by molar-refractivity contribution is 6.01. The van der Waals surface area contributed by atoms with E-state index in [0.29, 0.717) is 17.9 Å². The largest absolute Gasteiger partial charge is 0.493 e. The van der Waals surface area contributed by atoms with Crippen molar-refractivity contribution in [1.29, 1.82) is 0 Å². The van der Waals surface area contributed by atoms with Gasteiger partial charge in [-0.15, -0.1) is 0 Å². The van der Waals surface area contributed by atoms with Crippen molar-refractivity contribution in [3.63, 3.8) is 0 Å². The van der Waals surface area contributed by atoms with Crippen LogP contribution in [0.2, 0.25) is 0 Å². The van der Waals surface area contributed by atoms with Crippen LogP contribution in [-0.4, -0.2) is 20.1 Å². The monoisotopic (exact) mass is 210 g/mol. The van der Waals surface area contributed by atoms with Crippen LogP contribution in [0.4, 0.5) is 4.39 Å². The number of hydrogen-bond donors (Lipinski definition) is 1. The number of hydrogen-bond acceptors (Lipinski definition) is 4. The van der Waals surface area contributed by atoms with E-state index in [9.17, 15) is 4.39 Å². The van der Waals surface area contributed by atoms with Crippen molar-refractivity contribution in [2.75, 3.05) is 14.2 Å². The Balaban J connectivity index is 2.67. The normalized spacial score (nSPS) is 13.4. The minimum Gasteiger partial charge on any atom is -0.493 e. The molecular weight excluding hydrogens is 199 g/mol. The zero-order valence-electron chi connectivity index (χ0n) is 8.50. The van der Waals surface area contributed by atoms with Crippen molar-refractivity contribution in [2.24, 2.45) is 10.7 Å². The highest BCUT2D eigenvalue weighted by Crippen LogP contribution is 2.36. The molecule has 0 saturated carbocycles. The van der Waals surface area contributed by atoms with Crippen LogP contribution in [0, 0.1) is 5.82 Å². The first-order chi connectivity index (χ1) is 7.19. The van der Waals surface area contributed by atoms with Gasteiger partial charge >= 0.3 is 0 Å². The van der Waals surface area contributed by atoms with Crippen LogP contribution in [-0.2, 0) is 6.54 Å². The minimum atomic E-state index is -0.509. The van der Waals surface area contributed by atoms with Gasteiger partial charge in [0.1, 0.15) is 5.84 Å². The van der Waals surface area contributed by atoms with Crippen molar-refractivity contribution in [2.45, 2.75) is 6.54 Å². The van der Waals surface area contributed by atoms with Gasteiger partial charge in [0, 0.05) is 0 Å². The average molecular weight is 210 g/mol. The first kappa shape index (κ1) is 9.76. The van der Waals surface area contributed by atoms with Crippen molar-refractivity contribution >= 4 is 5.84 Å². The summed E-state index contributed by atoms with van der Waals surface area (Å²) in [7, 11) is 2.85. The Hall–Kier alpha value is -1.78. The molecule has 1 aromatic rings. The fraction of sp³-hybridized carbons (Fsp3) is 0.300. The summed E-state index contributed by atoms with van der Waals surface area (Å²) in [5.41, 5.74) is 6.63. The summed E-state index contributed by atoms with van der Waals surface area (Å²) in [4.78, 5) is 3.96. The Kier molecular flexibility index (Phi) is 2.22. The van der Waals surface area contributed by atoms with Gasteiger partial charge in [0.2, 0.25) is 0 Å². The highest BCUT2D eigenvalue weighted by Gasteiger charge is 2.24. The van der Waals surface area contributed by atoms with Gasteiger partial charge in [-0.25, -0.2) is 4.39 Å². The molecule has 1 aliphatic rings. The number of ether oxygens (including phenoxy) is 2. The third kappa shape index (κ3) is 1.31. The number of benzene rings is 1. The quantitative estimate of drug-likeness (QED) is 0.794. The molecule has 5 heteroatoms. The molecule has 0 bridgehead atoms. The van der Waals surface area contributed by atoms with E-state index in [1.807, 2.05) is 0 Å². The second-order valence-electron chi connectivity index (χ2n) is 3.16. The smallest absolute Gasteiger partial charge is 0.197 e. The zero-order chi connectivity index (χ0) is 11.0. The van der Waals surface area contributed by atoms with Crippen LogP contribution < -0.4 is 15.2 Å². The average Bonchev–Trinajstić information content (AvgIpc) is 2.60. The second kappa shape index (κ2) is 3.42. The number of amidine groups is 1. The van der Waals surface area contributed by atoms with Gasteiger partial charge in [-0.05, 0) is 11.6 Å². The molecule has 0 fully saturated rings. The van der Waals surface area contributed by atoms with Crippen LogP contribution in [0.3, 0.4) is 0 Å². The first-order valence-corrected chi connectivity index (χ1v) is 4.42. The zero-order valence-corrected chi connectivity index (χ0v) is 8.50. The summed E-state index contributed by atoms with van der Waals surface area (Å²) in [6.45, 7) is 0.387. The van der Waals surface area contributed by atoms with Crippen LogP contribution in [0.15, 0.2) is 11.1 Å². The molecule has 1 heterocycles. The van der Waals surface area contributed by atoms with Gasteiger partial charge in [-0.3, -0.25) is 4.99 Å². The Labute approximate surface area is 86.5 Å². The maximum Gasteiger partial charge on any atom is 0.197 e. The predicted octanol–water partition coefficient (Wildman–Crippen LogP) is 1.06.